The van der Waals surface area contributed by atoms with Crippen molar-refractivity contribution >= 4 is 39.2 Å². The van der Waals surface area contributed by atoms with Crippen LogP contribution in [0.1, 0.15) is 10.4 Å². The van der Waals surface area contributed by atoms with E-state index >= 15 is 0 Å². The van der Waals surface area contributed by atoms with Gasteiger partial charge in [-0.2, -0.15) is 13.2 Å². The van der Waals surface area contributed by atoms with Crippen LogP contribution in [0, 0.1) is 13.8 Å². The molecule has 1 amide bonds. The highest BCUT2D eigenvalue weighted by Gasteiger charge is 2.27. The van der Waals surface area contributed by atoms with Crippen molar-refractivity contribution < 1.29 is 22.7 Å². The first-order valence-corrected chi connectivity index (χ1v) is 9.40. The fourth-order valence-electron chi connectivity index (χ4n) is 2.18. The van der Waals surface area contributed by atoms with E-state index in [0.29, 0.717) is 10.2 Å². The number of alkyl halides is 3. The predicted octanol–water partition coefficient (Wildman–Crippen LogP) is 2.49. The molecule has 0 saturated heterocycles. The zero-order valence-electron chi connectivity index (χ0n) is 14.4. The summed E-state index contributed by atoms with van der Waals surface area (Å²) in [6.07, 6.45) is -4.47. The average Bonchev–Trinajstić information content (AvgIpc) is 2.84. The van der Waals surface area contributed by atoms with Crippen molar-refractivity contribution in [3.63, 3.8) is 0 Å². The van der Waals surface area contributed by atoms with Gasteiger partial charge in [0.2, 0.25) is 5.91 Å². The number of nitrogens with one attached hydrogen (secondary N) is 1. The van der Waals surface area contributed by atoms with Crippen LogP contribution in [0.4, 0.5) is 13.2 Å². The number of aromatic nitrogens is 2. The number of nitrogens with zero attached hydrogens (tertiary/aromatic N) is 2. The number of carbonyl (C=O) groups excluding carboxylic acids is 1. The van der Waals surface area contributed by atoms with E-state index in [1.807, 2.05) is 13.8 Å². The Morgan fingerprint density at radius 2 is 2.08 bits per heavy atom. The number of rotatable bonds is 7. The van der Waals surface area contributed by atoms with Crippen LogP contribution in [0.3, 0.4) is 0 Å². The summed E-state index contributed by atoms with van der Waals surface area (Å²) in [5, 5.41) is 2.60. The first-order chi connectivity index (χ1) is 12.1. The number of thiophene rings is 1. The largest absolute Gasteiger partial charge is 0.405 e. The van der Waals surface area contributed by atoms with Gasteiger partial charge in [0, 0.05) is 12.0 Å². The Morgan fingerprint density at radius 3 is 2.69 bits per heavy atom. The van der Waals surface area contributed by atoms with Gasteiger partial charge < -0.3 is 10.1 Å². The highest BCUT2D eigenvalue weighted by Crippen LogP contribution is 2.28. The van der Waals surface area contributed by atoms with Gasteiger partial charge in [0.05, 0.1) is 24.3 Å². The SMILES string of the molecule is COCCn1c(SCC(=O)NCC(F)(F)F)nc2sc(C)c(C)c2c1=O. The molecule has 2 aromatic heterocycles. The molecule has 0 fully saturated rings. The van der Waals surface area contributed by atoms with Gasteiger partial charge >= 0.3 is 6.18 Å². The lowest BCUT2D eigenvalue weighted by Crippen LogP contribution is -2.35. The standard InChI is InChI=1S/C15H18F3N3O3S2/c1-8-9(2)26-12-11(8)13(23)21(4-5-24-3)14(20-12)25-6-10(22)19-7-15(16,17)18/h4-7H2,1-3H3,(H,19,22). The van der Waals surface area contributed by atoms with Crippen LogP contribution in [0.25, 0.3) is 10.2 Å². The number of carbonyl (C=O) groups is 1. The summed E-state index contributed by atoms with van der Waals surface area (Å²) in [5.74, 6) is -1.05. The van der Waals surface area contributed by atoms with Crippen LogP contribution in [0.5, 0.6) is 0 Å². The number of hydrogen-bond acceptors (Lipinski definition) is 6. The van der Waals surface area contributed by atoms with E-state index in [9.17, 15) is 22.8 Å². The number of methoxy groups -OCH3 is 1. The molecule has 11 heteroatoms. The molecule has 0 aromatic carbocycles. The second kappa shape index (κ2) is 8.40. The Kier molecular flexibility index (Phi) is 6.69. The lowest BCUT2D eigenvalue weighted by atomic mass is 10.2. The van der Waals surface area contributed by atoms with Gasteiger partial charge in [-0.1, -0.05) is 11.8 Å². The third kappa shape index (κ3) is 4.98. The van der Waals surface area contributed by atoms with Gasteiger partial charge in [-0.15, -0.1) is 11.3 Å². The van der Waals surface area contributed by atoms with E-state index in [1.165, 1.54) is 23.0 Å². The van der Waals surface area contributed by atoms with Crippen LogP contribution < -0.4 is 10.9 Å². The molecule has 0 aliphatic heterocycles. The van der Waals surface area contributed by atoms with Crippen molar-refractivity contribution in [2.45, 2.75) is 31.7 Å². The summed E-state index contributed by atoms with van der Waals surface area (Å²) < 4.78 is 42.9. The van der Waals surface area contributed by atoms with Crippen molar-refractivity contribution in [3.8, 4) is 0 Å². The quantitative estimate of drug-likeness (QED) is 0.562. The summed E-state index contributed by atoms with van der Waals surface area (Å²) in [4.78, 5) is 30.4. The number of hydrogen-bond donors (Lipinski definition) is 1. The minimum absolute atomic E-state index is 0.235. The summed E-state index contributed by atoms with van der Waals surface area (Å²) in [6, 6.07) is 0. The topological polar surface area (TPSA) is 73.2 Å². The summed E-state index contributed by atoms with van der Waals surface area (Å²) in [7, 11) is 1.49. The molecule has 0 bridgehead atoms. The maximum Gasteiger partial charge on any atom is 0.405 e. The van der Waals surface area contributed by atoms with Gasteiger partial charge in [-0.25, -0.2) is 4.98 Å². The summed E-state index contributed by atoms with van der Waals surface area (Å²) in [5.41, 5.74) is 0.611. The molecule has 144 valence electrons. The number of thioether (sulfide) groups is 1. The van der Waals surface area contributed by atoms with Gasteiger partial charge in [0.15, 0.2) is 5.16 Å². The Balaban J connectivity index is 2.27. The minimum Gasteiger partial charge on any atom is -0.383 e. The first kappa shape index (κ1) is 20.7. The van der Waals surface area contributed by atoms with E-state index in [0.717, 1.165) is 22.2 Å². The molecular formula is C15H18F3N3O3S2. The second-order valence-corrected chi connectivity index (χ2v) is 7.63. The van der Waals surface area contributed by atoms with Crippen LogP contribution in [0.15, 0.2) is 9.95 Å². The summed E-state index contributed by atoms with van der Waals surface area (Å²) >= 11 is 2.29. The molecule has 2 aromatic rings. The van der Waals surface area contributed by atoms with Crippen molar-refractivity contribution in [1.82, 2.24) is 14.9 Å². The van der Waals surface area contributed by atoms with E-state index < -0.39 is 18.6 Å². The van der Waals surface area contributed by atoms with E-state index in [1.54, 1.807) is 5.32 Å². The zero-order chi connectivity index (χ0) is 19.5. The van der Waals surface area contributed by atoms with Crippen LogP contribution in [-0.2, 0) is 16.1 Å². The van der Waals surface area contributed by atoms with Crippen molar-refractivity contribution in [2.24, 2.45) is 0 Å². The Bertz CT molecular complexity index is 862. The fourth-order valence-corrected chi connectivity index (χ4v) is 4.10. The average molecular weight is 409 g/mol. The smallest absolute Gasteiger partial charge is 0.383 e. The Morgan fingerprint density at radius 1 is 1.38 bits per heavy atom. The maximum atomic E-state index is 12.8. The lowest BCUT2D eigenvalue weighted by Gasteiger charge is -2.12. The minimum atomic E-state index is -4.47. The molecule has 0 unspecified atom stereocenters. The van der Waals surface area contributed by atoms with Crippen molar-refractivity contribution in [2.75, 3.05) is 26.0 Å². The predicted molar refractivity (Wildman–Crippen MR) is 95.0 cm³/mol. The number of amides is 1. The monoisotopic (exact) mass is 409 g/mol. The molecule has 2 heterocycles. The van der Waals surface area contributed by atoms with Crippen LogP contribution in [0.2, 0.25) is 0 Å². The molecule has 0 saturated carbocycles. The van der Waals surface area contributed by atoms with E-state index in [2.05, 4.69) is 4.98 Å². The van der Waals surface area contributed by atoms with Crippen LogP contribution >= 0.6 is 23.1 Å². The third-order valence-corrected chi connectivity index (χ3v) is 5.67. The molecule has 0 atom stereocenters. The van der Waals surface area contributed by atoms with Gasteiger partial charge in [0.1, 0.15) is 11.4 Å². The lowest BCUT2D eigenvalue weighted by molar-refractivity contribution is -0.136. The molecule has 26 heavy (non-hydrogen) atoms. The molecule has 0 radical (unpaired) electrons. The van der Waals surface area contributed by atoms with E-state index in [-0.39, 0.29) is 29.6 Å². The third-order valence-electron chi connectivity index (χ3n) is 3.59. The molecule has 0 aliphatic carbocycles. The van der Waals surface area contributed by atoms with Crippen molar-refractivity contribution in [1.29, 1.82) is 0 Å². The van der Waals surface area contributed by atoms with Gasteiger partial charge in [-0.3, -0.25) is 14.2 Å². The van der Waals surface area contributed by atoms with Gasteiger partial charge in [-0.05, 0) is 19.4 Å². The van der Waals surface area contributed by atoms with Crippen LogP contribution in [-0.4, -0.2) is 47.6 Å². The highest BCUT2D eigenvalue weighted by atomic mass is 32.2. The number of ether oxygens (including phenoxy) is 1. The molecule has 0 aliphatic rings. The second-order valence-electron chi connectivity index (χ2n) is 5.49. The molecule has 6 nitrogen and oxygen atoms in total. The fraction of sp³-hybridized carbons (Fsp3) is 0.533. The number of halogens is 3. The van der Waals surface area contributed by atoms with Gasteiger partial charge in [0.25, 0.3) is 5.56 Å². The highest BCUT2D eigenvalue weighted by molar-refractivity contribution is 7.99. The molecule has 2 rings (SSSR count). The molecular weight excluding hydrogens is 391 g/mol. The summed E-state index contributed by atoms with van der Waals surface area (Å²) in [6.45, 7) is 2.84. The Labute approximate surface area is 155 Å². The molecule has 1 N–H and O–H groups in total. The zero-order valence-corrected chi connectivity index (χ0v) is 16.0. The molecule has 0 spiro atoms. The Hall–Kier alpha value is -1.59. The first-order valence-electron chi connectivity index (χ1n) is 7.59. The number of aryl methyl sites for hydroxylation is 2. The maximum absolute atomic E-state index is 12.8. The van der Waals surface area contributed by atoms with E-state index in [4.69, 9.17) is 4.74 Å². The van der Waals surface area contributed by atoms with Crippen molar-refractivity contribution in [3.05, 3.63) is 20.8 Å². The normalized spacial score (nSPS) is 11.9. The number of fused-ring (bicyclic) bond motifs is 1.